The van der Waals surface area contributed by atoms with E-state index in [1.807, 2.05) is 0 Å². The fourth-order valence-electron chi connectivity index (χ4n) is 3.89. The summed E-state index contributed by atoms with van der Waals surface area (Å²) in [6.45, 7) is 0.727. The SMILES string of the molecule is O=C1COc2cc(F)c(-n3c(=O)n4n(c3=O)CCCC4)cc2N1Cc1ccccn1. The third-order valence-corrected chi connectivity index (χ3v) is 5.36. The summed E-state index contributed by atoms with van der Waals surface area (Å²) >= 11 is 0. The quantitative estimate of drug-likeness (QED) is 0.643. The first-order valence-corrected chi connectivity index (χ1v) is 9.64. The zero-order chi connectivity index (χ0) is 20.8. The Labute approximate surface area is 169 Å². The molecule has 0 atom stereocenters. The first-order chi connectivity index (χ1) is 14.5. The average Bonchev–Trinajstić information content (AvgIpc) is 3.01. The van der Waals surface area contributed by atoms with Gasteiger partial charge >= 0.3 is 11.4 Å². The third kappa shape index (κ3) is 2.83. The van der Waals surface area contributed by atoms with E-state index < -0.39 is 17.2 Å². The van der Waals surface area contributed by atoms with Crippen LogP contribution in [0.25, 0.3) is 5.69 Å². The van der Waals surface area contributed by atoms with Crippen molar-refractivity contribution in [3.8, 4) is 11.4 Å². The summed E-state index contributed by atoms with van der Waals surface area (Å²) in [5.74, 6) is -0.932. The number of nitrogens with zero attached hydrogens (tertiary/aromatic N) is 5. The summed E-state index contributed by atoms with van der Waals surface area (Å²) < 4.78 is 23.8. The van der Waals surface area contributed by atoms with Gasteiger partial charge in [0.2, 0.25) is 0 Å². The van der Waals surface area contributed by atoms with Gasteiger partial charge in [-0.1, -0.05) is 6.07 Å². The molecular weight excluding hydrogens is 393 g/mol. The molecule has 5 rings (SSSR count). The second-order valence-electron chi connectivity index (χ2n) is 7.21. The van der Waals surface area contributed by atoms with E-state index in [9.17, 15) is 18.8 Å². The van der Waals surface area contributed by atoms with Gasteiger partial charge in [-0.15, -0.1) is 0 Å². The minimum absolute atomic E-state index is 0.154. The van der Waals surface area contributed by atoms with Crippen molar-refractivity contribution in [3.63, 3.8) is 0 Å². The van der Waals surface area contributed by atoms with Crippen molar-refractivity contribution in [3.05, 3.63) is 69.0 Å². The number of hydrogen-bond donors (Lipinski definition) is 0. The maximum Gasteiger partial charge on any atom is 0.351 e. The molecule has 0 saturated carbocycles. The van der Waals surface area contributed by atoms with Gasteiger partial charge < -0.3 is 4.74 Å². The highest BCUT2D eigenvalue weighted by atomic mass is 19.1. The van der Waals surface area contributed by atoms with Crippen LogP contribution in [-0.2, 0) is 24.4 Å². The first kappa shape index (κ1) is 18.3. The number of hydrogen-bond acceptors (Lipinski definition) is 5. The topological polar surface area (TPSA) is 91.4 Å². The lowest BCUT2D eigenvalue weighted by Crippen LogP contribution is -2.39. The fraction of sp³-hybridized carbons (Fsp3) is 0.300. The minimum Gasteiger partial charge on any atom is -0.481 e. The van der Waals surface area contributed by atoms with Crippen LogP contribution in [-0.4, -0.2) is 31.4 Å². The summed E-state index contributed by atoms with van der Waals surface area (Å²) in [6, 6.07) is 7.76. The van der Waals surface area contributed by atoms with Crippen molar-refractivity contribution in [1.29, 1.82) is 0 Å². The van der Waals surface area contributed by atoms with Crippen LogP contribution in [0.1, 0.15) is 18.5 Å². The van der Waals surface area contributed by atoms with Crippen molar-refractivity contribution >= 4 is 11.6 Å². The lowest BCUT2D eigenvalue weighted by Gasteiger charge is -2.29. The maximum absolute atomic E-state index is 14.9. The number of benzene rings is 1. The minimum atomic E-state index is -0.774. The number of carbonyl (C=O) groups excluding carboxylic acids is 1. The highest BCUT2D eigenvalue weighted by Gasteiger charge is 2.30. The molecule has 0 unspecified atom stereocenters. The Hall–Kier alpha value is -3.69. The number of amides is 1. The van der Waals surface area contributed by atoms with Crippen LogP contribution in [0.4, 0.5) is 10.1 Å². The van der Waals surface area contributed by atoms with Gasteiger partial charge in [-0.25, -0.2) is 27.9 Å². The van der Waals surface area contributed by atoms with E-state index in [0.717, 1.165) is 23.5 Å². The number of ether oxygens (including phenoxy) is 1. The molecule has 1 aromatic carbocycles. The summed E-state index contributed by atoms with van der Waals surface area (Å²) in [5, 5.41) is 0. The lowest BCUT2D eigenvalue weighted by molar-refractivity contribution is -0.121. The van der Waals surface area contributed by atoms with Crippen LogP contribution in [0.5, 0.6) is 5.75 Å². The molecule has 0 fully saturated rings. The fourth-order valence-corrected chi connectivity index (χ4v) is 3.89. The summed E-state index contributed by atoms with van der Waals surface area (Å²) in [4.78, 5) is 43.8. The molecule has 0 aliphatic carbocycles. The predicted octanol–water partition coefficient (Wildman–Crippen LogP) is 1.05. The number of carbonyl (C=O) groups is 1. The summed E-state index contributed by atoms with van der Waals surface area (Å²) in [5.41, 5.74) is -0.479. The largest absolute Gasteiger partial charge is 0.481 e. The van der Waals surface area contributed by atoms with Gasteiger partial charge in [0.05, 0.1) is 23.6 Å². The zero-order valence-electron chi connectivity index (χ0n) is 16.0. The zero-order valence-corrected chi connectivity index (χ0v) is 16.0. The van der Waals surface area contributed by atoms with Crippen LogP contribution >= 0.6 is 0 Å². The van der Waals surface area contributed by atoms with E-state index in [4.69, 9.17) is 4.74 Å². The second kappa shape index (κ2) is 6.97. The molecule has 0 saturated heterocycles. The Balaban J connectivity index is 1.65. The molecule has 3 aromatic rings. The molecular formula is C20H18FN5O4. The Morgan fingerprint density at radius 1 is 1.00 bits per heavy atom. The van der Waals surface area contributed by atoms with E-state index in [0.29, 0.717) is 18.8 Å². The van der Waals surface area contributed by atoms with Gasteiger partial charge in [0.15, 0.2) is 12.4 Å². The molecule has 0 bridgehead atoms. The summed E-state index contributed by atoms with van der Waals surface area (Å²) in [6.07, 6.45) is 3.16. The standard InChI is InChI=1S/C20H18FN5O4/c21-14-9-17-16(23(18(27)12-30-17)11-13-5-1-2-6-22-13)10-15(14)26-19(28)24-7-3-4-8-25(24)20(26)29/h1-2,5-6,9-10H,3-4,7-8,11-12H2. The van der Waals surface area contributed by atoms with Crippen molar-refractivity contribution < 1.29 is 13.9 Å². The maximum atomic E-state index is 14.9. The molecule has 30 heavy (non-hydrogen) atoms. The van der Waals surface area contributed by atoms with Crippen molar-refractivity contribution in [2.45, 2.75) is 32.5 Å². The van der Waals surface area contributed by atoms with Gasteiger partial charge in [-0.05, 0) is 31.0 Å². The summed E-state index contributed by atoms with van der Waals surface area (Å²) in [7, 11) is 0. The Morgan fingerprint density at radius 3 is 2.40 bits per heavy atom. The van der Waals surface area contributed by atoms with E-state index in [-0.39, 0.29) is 36.2 Å². The number of fused-ring (bicyclic) bond motifs is 2. The van der Waals surface area contributed by atoms with E-state index in [1.54, 1.807) is 24.4 Å². The first-order valence-electron chi connectivity index (χ1n) is 9.64. The lowest BCUT2D eigenvalue weighted by atomic mass is 10.2. The van der Waals surface area contributed by atoms with Crippen LogP contribution in [0.3, 0.4) is 0 Å². The molecule has 4 heterocycles. The highest BCUT2D eigenvalue weighted by molar-refractivity contribution is 5.98. The van der Waals surface area contributed by atoms with Gasteiger partial charge in [0.25, 0.3) is 5.91 Å². The van der Waals surface area contributed by atoms with Crippen LogP contribution in [0, 0.1) is 5.82 Å². The van der Waals surface area contributed by atoms with Gasteiger partial charge in [0.1, 0.15) is 5.75 Å². The molecule has 0 N–H and O–H groups in total. The molecule has 10 heteroatoms. The molecule has 0 radical (unpaired) electrons. The van der Waals surface area contributed by atoms with E-state index in [2.05, 4.69) is 4.98 Å². The smallest absolute Gasteiger partial charge is 0.351 e. The van der Waals surface area contributed by atoms with Crippen LogP contribution in [0.2, 0.25) is 0 Å². The Kier molecular flexibility index (Phi) is 4.27. The third-order valence-electron chi connectivity index (χ3n) is 5.36. The second-order valence-corrected chi connectivity index (χ2v) is 7.21. The monoisotopic (exact) mass is 411 g/mol. The number of aromatic nitrogens is 4. The number of rotatable bonds is 3. The van der Waals surface area contributed by atoms with Gasteiger partial charge in [-0.2, -0.15) is 0 Å². The molecule has 9 nitrogen and oxygen atoms in total. The molecule has 1 amide bonds. The molecule has 2 aliphatic rings. The van der Waals surface area contributed by atoms with E-state index >= 15 is 0 Å². The van der Waals surface area contributed by atoms with Gasteiger partial charge in [0, 0.05) is 25.4 Å². The molecule has 154 valence electrons. The molecule has 2 aromatic heterocycles. The highest BCUT2D eigenvalue weighted by Crippen LogP contribution is 2.36. The number of anilines is 1. The van der Waals surface area contributed by atoms with Crippen LogP contribution in [0.15, 0.2) is 46.1 Å². The molecule has 0 spiro atoms. The Bertz CT molecular complexity index is 1220. The van der Waals surface area contributed by atoms with Crippen molar-refractivity contribution in [2.24, 2.45) is 0 Å². The Morgan fingerprint density at radius 2 is 1.73 bits per heavy atom. The van der Waals surface area contributed by atoms with Crippen molar-refractivity contribution in [2.75, 3.05) is 11.5 Å². The van der Waals surface area contributed by atoms with Gasteiger partial charge in [-0.3, -0.25) is 14.7 Å². The van der Waals surface area contributed by atoms with Crippen molar-refractivity contribution in [1.82, 2.24) is 18.9 Å². The number of halogens is 1. The predicted molar refractivity (Wildman–Crippen MR) is 104 cm³/mol. The molecule has 2 aliphatic heterocycles. The van der Waals surface area contributed by atoms with Crippen LogP contribution < -0.4 is 21.0 Å². The van der Waals surface area contributed by atoms with E-state index in [1.165, 1.54) is 20.3 Å². The number of pyridine rings is 1. The average molecular weight is 411 g/mol. The normalized spacial score (nSPS) is 15.5.